The van der Waals surface area contributed by atoms with Gasteiger partial charge in [0.2, 0.25) is 17.7 Å². The van der Waals surface area contributed by atoms with E-state index >= 15 is 0 Å². The van der Waals surface area contributed by atoms with E-state index in [9.17, 15) is 14.4 Å². The van der Waals surface area contributed by atoms with E-state index in [1.165, 1.54) is 6.08 Å². The average molecular weight is 527 g/mol. The van der Waals surface area contributed by atoms with Gasteiger partial charge in [0.25, 0.3) is 0 Å². The minimum atomic E-state index is -0.886. The lowest BCUT2D eigenvalue weighted by Crippen LogP contribution is -2.51. The highest BCUT2D eigenvalue weighted by molar-refractivity contribution is 6.30. The molecule has 9 heteroatoms. The van der Waals surface area contributed by atoms with Crippen LogP contribution >= 0.6 is 11.6 Å². The van der Waals surface area contributed by atoms with Crippen LogP contribution < -0.4 is 10.6 Å². The first-order valence-electron chi connectivity index (χ1n) is 12.8. The number of ether oxygens (including phenoxy) is 1. The summed E-state index contributed by atoms with van der Waals surface area (Å²) in [5.74, 6) is -1.02. The summed E-state index contributed by atoms with van der Waals surface area (Å²) in [7, 11) is 0. The number of carbonyl (C=O) groups excluding carboxylic acids is 3. The normalized spacial score (nSPS) is 14.9. The van der Waals surface area contributed by atoms with Gasteiger partial charge in [0.1, 0.15) is 6.04 Å². The summed E-state index contributed by atoms with van der Waals surface area (Å²) in [6, 6.07) is 11.5. The van der Waals surface area contributed by atoms with Gasteiger partial charge >= 0.3 is 0 Å². The molecule has 3 amide bonds. The van der Waals surface area contributed by atoms with Crippen molar-refractivity contribution in [2.45, 2.75) is 51.2 Å². The number of aromatic nitrogens is 1. The minimum absolute atomic E-state index is 0.130. The highest BCUT2D eigenvalue weighted by Gasteiger charge is 2.25. The van der Waals surface area contributed by atoms with Crippen molar-refractivity contribution in [2.75, 3.05) is 26.2 Å². The number of nitrogens with zero attached hydrogens (tertiary/aromatic N) is 2. The zero-order chi connectivity index (χ0) is 26.5. The number of piperidine rings is 1. The summed E-state index contributed by atoms with van der Waals surface area (Å²) in [6.45, 7) is 3.96. The largest absolute Gasteiger partial charge is 0.378 e. The zero-order valence-corrected chi connectivity index (χ0v) is 22.0. The van der Waals surface area contributed by atoms with Gasteiger partial charge < -0.3 is 20.3 Å². The summed E-state index contributed by atoms with van der Waals surface area (Å²) in [4.78, 5) is 44.3. The molecular weight excluding hydrogens is 492 g/mol. The highest BCUT2D eigenvalue weighted by atomic mass is 35.5. The molecule has 2 aromatic rings. The van der Waals surface area contributed by atoms with Gasteiger partial charge in [0, 0.05) is 49.1 Å². The van der Waals surface area contributed by atoms with Gasteiger partial charge in [0.05, 0.1) is 12.6 Å². The van der Waals surface area contributed by atoms with Gasteiger partial charge in [-0.05, 0) is 55.2 Å². The van der Waals surface area contributed by atoms with Gasteiger partial charge in [-0.1, -0.05) is 43.1 Å². The maximum Gasteiger partial charge on any atom is 0.244 e. The Morgan fingerprint density at radius 2 is 1.92 bits per heavy atom. The van der Waals surface area contributed by atoms with Gasteiger partial charge in [-0.15, -0.1) is 0 Å². The third-order valence-electron chi connectivity index (χ3n) is 6.13. The Bertz CT molecular complexity index is 1040. The highest BCUT2D eigenvalue weighted by Crippen LogP contribution is 2.14. The average Bonchev–Trinajstić information content (AvgIpc) is 2.92. The second-order valence-electron chi connectivity index (χ2n) is 8.99. The van der Waals surface area contributed by atoms with Gasteiger partial charge in [-0.2, -0.15) is 0 Å². The molecule has 0 aliphatic carbocycles. The molecule has 1 atom stereocenters. The molecule has 1 aliphatic rings. The number of amides is 3. The fourth-order valence-corrected chi connectivity index (χ4v) is 4.09. The van der Waals surface area contributed by atoms with Gasteiger partial charge in [-0.25, -0.2) is 0 Å². The van der Waals surface area contributed by atoms with E-state index in [1.807, 2.05) is 6.07 Å². The van der Waals surface area contributed by atoms with Crippen LogP contribution in [0.4, 0.5) is 0 Å². The number of unbranched alkanes of at least 4 members (excludes halogenated alkanes) is 1. The fourth-order valence-electron chi connectivity index (χ4n) is 3.97. The maximum atomic E-state index is 13.0. The van der Waals surface area contributed by atoms with Crippen LogP contribution in [0, 0.1) is 0 Å². The van der Waals surface area contributed by atoms with Crippen molar-refractivity contribution in [3.8, 4) is 0 Å². The van der Waals surface area contributed by atoms with E-state index in [4.69, 9.17) is 16.3 Å². The second kappa shape index (κ2) is 15.1. The predicted molar refractivity (Wildman–Crippen MR) is 144 cm³/mol. The molecule has 0 bridgehead atoms. The Labute approximate surface area is 223 Å². The first kappa shape index (κ1) is 28.3. The number of halogens is 1. The molecule has 0 saturated carbocycles. The number of carbonyl (C=O) groups is 3. The number of benzene rings is 1. The van der Waals surface area contributed by atoms with E-state index in [0.717, 1.165) is 37.9 Å². The predicted octanol–water partition coefficient (Wildman–Crippen LogP) is 3.40. The molecule has 0 unspecified atom stereocenters. The number of rotatable bonds is 12. The summed E-state index contributed by atoms with van der Waals surface area (Å²) in [6.07, 6.45) is 8.73. The molecule has 2 heterocycles. The van der Waals surface area contributed by atoms with E-state index < -0.39 is 17.9 Å². The fraction of sp³-hybridized carbons (Fsp3) is 0.429. The summed E-state index contributed by atoms with van der Waals surface area (Å²) >= 11 is 5.90. The van der Waals surface area contributed by atoms with E-state index in [0.29, 0.717) is 23.8 Å². The van der Waals surface area contributed by atoms with Crippen molar-refractivity contribution in [2.24, 2.45) is 0 Å². The molecule has 8 nitrogen and oxygen atoms in total. The first-order chi connectivity index (χ1) is 17.9. The van der Waals surface area contributed by atoms with Crippen LogP contribution in [0.25, 0.3) is 6.08 Å². The molecule has 0 radical (unpaired) electrons. The van der Waals surface area contributed by atoms with E-state index in [1.54, 1.807) is 53.6 Å². The van der Waals surface area contributed by atoms with Crippen molar-refractivity contribution in [3.05, 3.63) is 71.0 Å². The quantitative estimate of drug-likeness (QED) is 0.326. The lowest BCUT2D eigenvalue weighted by Gasteiger charge is -2.32. The van der Waals surface area contributed by atoms with Gasteiger partial charge in [-0.3, -0.25) is 19.4 Å². The number of hydrogen-bond acceptors (Lipinski definition) is 5. The Kier molecular flexibility index (Phi) is 11.6. The van der Waals surface area contributed by atoms with Crippen molar-refractivity contribution in [3.63, 3.8) is 0 Å². The summed E-state index contributed by atoms with van der Waals surface area (Å²) in [5.41, 5.74) is 1.46. The van der Waals surface area contributed by atoms with Gasteiger partial charge in [0.15, 0.2) is 0 Å². The van der Waals surface area contributed by atoms with Crippen molar-refractivity contribution in [1.29, 1.82) is 0 Å². The van der Waals surface area contributed by atoms with E-state index in [-0.39, 0.29) is 25.0 Å². The van der Waals surface area contributed by atoms with Crippen molar-refractivity contribution in [1.82, 2.24) is 20.5 Å². The monoisotopic (exact) mass is 526 g/mol. The molecule has 1 saturated heterocycles. The summed E-state index contributed by atoms with van der Waals surface area (Å²) in [5, 5.41) is 6.04. The topological polar surface area (TPSA) is 101 Å². The third-order valence-corrected chi connectivity index (χ3v) is 6.38. The number of likely N-dealkylation sites (tertiary alicyclic amines) is 1. The minimum Gasteiger partial charge on any atom is -0.378 e. The molecule has 1 aromatic heterocycles. The molecular formula is C28H35ClN4O4. The van der Waals surface area contributed by atoms with Crippen LogP contribution in [0.1, 0.15) is 43.9 Å². The molecule has 1 aliphatic heterocycles. The molecule has 198 valence electrons. The van der Waals surface area contributed by atoms with Crippen molar-refractivity contribution >= 4 is 35.4 Å². The van der Waals surface area contributed by atoms with Crippen LogP contribution in [0.5, 0.6) is 0 Å². The second-order valence-corrected chi connectivity index (χ2v) is 9.43. The Hall–Kier alpha value is -3.23. The lowest BCUT2D eigenvalue weighted by molar-refractivity contribution is -0.135. The van der Waals surface area contributed by atoms with E-state index in [2.05, 4.69) is 22.5 Å². The third kappa shape index (κ3) is 9.98. The number of nitrogens with one attached hydrogen (secondary N) is 2. The Balaban J connectivity index is 1.53. The lowest BCUT2D eigenvalue weighted by atomic mass is 10.1. The summed E-state index contributed by atoms with van der Waals surface area (Å²) < 4.78 is 5.86. The molecule has 3 rings (SSSR count). The number of hydrogen-bond donors (Lipinski definition) is 2. The van der Waals surface area contributed by atoms with Crippen LogP contribution in [-0.2, 0) is 25.5 Å². The molecule has 1 aromatic carbocycles. The van der Waals surface area contributed by atoms with Crippen LogP contribution in [0.3, 0.4) is 0 Å². The Morgan fingerprint density at radius 3 is 2.59 bits per heavy atom. The number of pyridine rings is 1. The molecule has 37 heavy (non-hydrogen) atoms. The Morgan fingerprint density at radius 1 is 1.16 bits per heavy atom. The smallest absolute Gasteiger partial charge is 0.244 e. The molecule has 1 fully saturated rings. The van der Waals surface area contributed by atoms with Crippen molar-refractivity contribution < 1.29 is 19.1 Å². The standard InChI is InChI=1S/C28H35ClN4O4/c1-2-3-18-37-24-13-16-33(17-14-24)27(35)20-31-28(36)25(19-23-6-4-5-15-30-23)32-26(34)12-9-21-7-10-22(29)11-8-21/h4-12,15,24-25H,2-3,13-14,16-20H2,1H3,(H,31,36)(H,32,34)/t25-/m0/s1. The molecule has 2 N–H and O–H groups in total. The van der Waals surface area contributed by atoms with Crippen LogP contribution in [0.15, 0.2) is 54.7 Å². The van der Waals surface area contributed by atoms with Crippen LogP contribution in [0.2, 0.25) is 5.02 Å². The van der Waals surface area contributed by atoms with Crippen LogP contribution in [-0.4, -0.2) is 66.0 Å². The first-order valence-corrected chi connectivity index (χ1v) is 13.1. The SMILES string of the molecule is CCCCOC1CCN(C(=O)CNC(=O)[C@H](Cc2ccccn2)NC(=O)C=Cc2ccc(Cl)cc2)CC1. The zero-order valence-electron chi connectivity index (χ0n) is 21.2. The maximum absolute atomic E-state index is 13.0. The molecule has 0 spiro atoms.